The topological polar surface area (TPSA) is 17.1 Å². The van der Waals surface area contributed by atoms with Crippen LogP contribution in [0.4, 0.5) is 13.2 Å². The molecule has 0 fully saturated rings. The predicted octanol–water partition coefficient (Wildman–Crippen LogP) is 4.15. The van der Waals surface area contributed by atoms with Crippen molar-refractivity contribution in [3.63, 3.8) is 0 Å². The van der Waals surface area contributed by atoms with Crippen molar-refractivity contribution in [1.82, 2.24) is 0 Å². The summed E-state index contributed by atoms with van der Waals surface area (Å²) in [5.41, 5.74) is -1.56. The largest absolute Gasteiger partial charge is 0.454 e. The van der Waals surface area contributed by atoms with Gasteiger partial charge in [-0.15, -0.1) is 0 Å². The molecule has 0 bridgehead atoms. The van der Waals surface area contributed by atoms with Gasteiger partial charge in [-0.1, -0.05) is 41.5 Å². The van der Waals surface area contributed by atoms with Gasteiger partial charge in [0, 0.05) is 0 Å². The van der Waals surface area contributed by atoms with Crippen molar-refractivity contribution in [2.24, 2.45) is 0 Å². The van der Waals surface area contributed by atoms with E-state index < -0.39 is 29.9 Å². The van der Waals surface area contributed by atoms with Crippen molar-refractivity contribution in [3.8, 4) is 0 Å². The average Bonchev–Trinajstić information content (AvgIpc) is 1.76. The van der Waals surface area contributed by atoms with E-state index in [1.54, 1.807) is 41.5 Å². The Morgan fingerprint density at radius 3 is 1.20 bits per heavy atom. The van der Waals surface area contributed by atoms with Crippen LogP contribution in [0.25, 0.3) is 0 Å². The standard InChI is InChI=1S/C10H18F3OP/c1-8(2,3)15(9(4,5)6)7(14)10(11,12)13/h1-6H3. The highest BCUT2D eigenvalue weighted by atomic mass is 31.1. The highest BCUT2D eigenvalue weighted by Crippen LogP contribution is 2.62. The number of rotatable bonds is 1. The molecule has 5 heteroatoms. The van der Waals surface area contributed by atoms with Gasteiger partial charge in [-0.05, 0) is 18.2 Å². The summed E-state index contributed by atoms with van der Waals surface area (Å²) in [6.07, 6.45) is -4.72. The number of halogens is 3. The smallest absolute Gasteiger partial charge is 0.284 e. The van der Waals surface area contributed by atoms with E-state index in [0.717, 1.165) is 0 Å². The lowest BCUT2D eigenvalue weighted by atomic mass is 10.2. The maximum atomic E-state index is 12.4. The van der Waals surface area contributed by atoms with E-state index in [-0.39, 0.29) is 0 Å². The Balaban J connectivity index is 5.26. The van der Waals surface area contributed by atoms with Crippen molar-refractivity contribution < 1.29 is 18.0 Å². The number of carbonyl (C=O) groups is 1. The monoisotopic (exact) mass is 242 g/mol. The minimum absolute atomic E-state index is 0.625. The second-order valence-electron chi connectivity index (χ2n) is 5.48. The van der Waals surface area contributed by atoms with Crippen molar-refractivity contribution >= 4 is 13.4 Å². The molecule has 0 radical (unpaired) electrons. The van der Waals surface area contributed by atoms with Crippen LogP contribution in [-0.2, 0) is 4.79 Å². The molecule has 0 spiro atoms. The molecule has 0 N–H and O–H groups in total. The third-order valence-electron chi connectivity index (χ3n) is 1.79. The van der Waals surface area contributed by atoms with Gasteiger partial charge in [0.1, 0.15) is 0 Å². The fourth-order valence-corrected chi connectivity index (χ4v) is 5.23. The third kappa shape index (κ3) is 4.10. The van der Waals surface area contributed by atoms with Gasteiger partial charge in [0.25, 0.3) is 5.52 Å². The molecule has 0 aliphatic heterocycles. The highest BCUT2D eigenvalue weighted by Gasteiger charge is 2.51. The molecule has 0 aliphatic rings. The van der Waals surface area contributed by atoms with E-state index in [1.165, 1.54) is 0 Å². The first-order chi connectivity index (χ1) is 6.28. The lowest BCUT2D eigenvalue weighted by molar-refractivity contribution is -0.161. The van der Waals surface area contributed by atoms with Crippen LogP contribution < -0.4 is 0 Å². The molecule has 1 nitrogen and oxygen atoms in total. The van der Waals surface area contributed by atoms with Crippen LogP contribution in [0, 0.1) is 0 Å². The van der Waals surface area contributed by atoms with Crippen LogP contribution in [0.3, 0.4) is 0 Å². The second kappa shape index (κ2) is 4.04. The van der Waals surface area contributed by atoms with Gasteiger partial charge in [-0.25, -0.2) is 0 Å². The van der Waals surface area contributed by atoms with Crippen LogP contribution in [0.5, 0.6) is 0 Å². The molecule has 0 aromatic carbocycles. The molecule has 0 rings (SSSR count). The first kappa shape index (κ1) is 14.9. The highest BCUT2D eigenvalue weighted by molar-refractivity contribution is 7.77. The van der Waals surface area contributed by atoms with Crippen molar-refractivity contribution in [3.05, 3.63) is 0 Å². The van der Waals surface area contributed by atoms with Crippen LogP contribution in [-0.4, -0.2) is 22.0 Å². The maximum Gasteiger partial charge on any atom is 0.454 e. The molecule has 90 valence electrons. The van der Waals surface area contributed by atoms with Crippen LogP contribution in [0.15, 0.2) is 0 Å². The molecule has 15 heavy (non-hydrogen) atoms. The summed E-state index contributed by atoms with van der Waals surface area (Å²) in [4.78, 5) is 11.4. The Hall–Kier alpha value is -0.110. The van der Waals surface area contributed by atoms with Gasteiger partial charge in [0.05, 0.1) is 0 Å². The average molecular weight is 242 g/mol. The molecular weight excluding hydrogens is 224 g/mol. The fourth-order valence-electron chi connectivity index (χ4n) is 1.74. The Labute approximate surface area is 90.2 Å². The summed E-state index contributed by atoms with van der Waals surface area (Å²) < 4.78 is 37.3. The molecule has 0 aromatic heterocycles. The van der Waals surface area contributed by atoms with Crippen molar-refractivity contribution in [1.29, 1.82) is 0 Å². The zero-order chi connectivity index (χ0) is 12.7. The fraction of sp³-hybridized carbons (Fsp3) is 0.900. The first-order valence-electron chi connectivity index (χ1n) is 4.69. The van der Waals surface area contributed by atoms with E-state index in [9.17, 15) is 18.0 Å². The quantitative estimate of drug-likeness (QED) is 0.631. The van der Waals surface area contributed by atoms with E-state index in [4.69, 9.17) is 0 Å². The predicted molar refractivity (Wildman–Crippen MR) is 57.5 cm³/mol. The Morgan fingerprint density at radius 2 is 1.13 bits per heavy atom. The molecule has 0 saturated carbocycles. The number of hydrogen-bond donors (Lipinski definition) is 0. The molecule has 0 saturated heterocycles. The molecule has 0 aliphatic carbocycles. The van der Waals surface area contributed by atoms with Gasteiger partial charge in [-0.3, -0.25) is 4.79 Å². The zero-order valence-corrected chi connectivity index (χ0v) is 10.9. The van der Waals surface area contributed by atoms with Crippen LogP contribution >= 0.6 is 7.92 Å². The minimum atomic E-state index is -4.72. The Morgan fingerprint density at radius 1 is 0.867 bits per heavy atom. The lowest BCUT2D eigenvalue weighted by Gasteiger charge is -2.39. The van der Waals surface area contributed by atoms with Crippen molar-refractivity contribution in [2.45, 2.75) is 58.0 Å². The normalized spacial score (nSPS) is 14.5. The maximum absolute atomic E-state index is 12.4. The van der Waals surface area contributed by atoms with Crippen LogP contribution in [0.1, 0.15) is 41.5 Å². The Bertz CT molecular complexity index is 231. The van der Waals surface area contributed by atoms with Crippen LogP contribution in [0.2, 0.25) is 0 Å². The molecule has 0 aromatic rings. The summed E-state index contributed by atoms with van der Waals surface area (Å²) in [5, 5.41) is -1.25. The summed E-state index contributed by atoms with van der Waals surface area (Å²) in [7, 11) is -1.76. The lowest BCUT2D eigenvalue weighted by Crippen LogP contribution is -2.35. The van der Waals surface area contributed by atoms with Crippen molar-refractivity contribution in [2.75, 3.05) is 0 Å². The molecular formula is C10H18F3OP. The van der Waals surface area contributed by atoms with E-state index in [2.05, 4.69) is 0 Å². The number of carbonyl (C=O) groups excluding carboxylic acids is 1. The number of hydrogen-bond acceptors (Lipinski definition) is 1. The zero-order valence-electron chi connectivity index (χ0n) is 9.99. The van der Waals surface area contributed by atoms with E-state index in [0.29, 0.717) is 0 Å². The first-order valence-corrected chi connectivity index (χ1v) is 6.03. The second-order valence-corrected chi connectivity index (χ2v) is 9.24. The van der Waals surface area contributed by atoms with Gasteiger partial charge >= 0.3 is 6.18 Å². The van der Waals surface area contributed by atoms with E-state index in [1.807, 2.05) is 0 Å². The summed E-state index contributed by atoms with van der Waals surface area (Å²) >= 11 is 0. The Kier molecular flexibility index (Phi) is 4.01. The number of alkyl halides is 3. The summed E-state index contributed by atoms with van der Waals surface area (Å²) in [6, 6.07) is 0. The minimum Gasteiger partial charge on any atom is -0.284 e. The van der Waals surface area contributed by atoms with E-state index >= 15 is 0 Å². The molecule has 0 atom stereocenters. The third-order valence-corrected chi connectivity index (χ3v) is 5.13. The molecule has 0 heterocycles. The SMILES string of the molecule is CC(C)(C)P(C(=O)C(F)(F)F)C(C)(C)C. The van der Waals surface area contributed by atoms with Gasteiger partial charge in [0.2, 0.25) is 0 Å². The van der Waals surface area contributed by atoms with Gasteiger partial charge in [0.15, 0.2) is 0 Å². The van der Waals surface area contributed by atoms with Gasteiger partial charge < -0.3 is 0 Å². The molecule has 0 unspecified atom stereocenters. The molecule has 0 amide bonds. The van der Waals surface area contributed by atoms with Gasteiger partial charge in [-0.2, -0.15) is 13.2 Å². The summed E-state index contributed by atoms with van der Waals surface area (Å²) in [6.45, 7) is 10.1. The summed E-state index contributed by atoms with van der Waals surface area (Å²) in [5.74, 6) is 0.